The molecule has 10 nitrogen and oxygen atoms in total. The van der Waals surface area contributed by atoms with Gasteiger partial charge in [0.1, 0.15) is 17.9 Å². The molecule has 3 aromatic carbocycles. The number of nitrogens with zero attached hydrogens (tertiary/aromatic N) is 2. The molecule has 1 amide bonds. The number of hydrogen-bond donors (Lipinski definition) is 0. The van der Waals surface area contributed by atoms with Gasteiger partial charge in [-0.1, -0.05) is 6.07 Å². The molecule has 206 valence electrons. The van der Waals surface area contributed by atoms with Gasteiger partial charge in [-0.05, 0) is 67.3 Å². The fraction of sp³-hybridized carbons (Fsp3) is 0.267. The van der Waals surface area contributed by atoms with Gasteiger partial charge in [0.05, 0.1) is 25.2 Å². The van der Waals surface area contributed by atoms with Crippen LogP contribution in [0.2, 0.25) is 0 Å². The number of nitro benzene ring substituents is 1. The van der Waals surface area contributed by atoms with Gasteiger partial charge < -0.3 is 23.5 Å². The third-order valence-corrected chi connectivity index (χ3v) is 7.33. The van der Waals surface area contributed by atoms with Crippen molar-refractivity contribution < 1.29 is 28.3 Å². The van der Waals surface area contributed by atoms with Gasteiger partial charge in [0.15, 0.2) is 11.5 Å². The van der Waals surface area contributed by atoms with Gasteiger partial charge in [-0.3, -0.25) is 14.9 Å². The van der Waals surface area contributed by atoms with E-state index < -0.39 is 16.6 Å². The Labute approximate surface area is 229 Å². The first-order chi connectivity index (χ1) is 19.2. The molecule has 4 aromatic rings. The van der Waals surface area contributed by atoms with Gasteiger partial charge in [-0.15, -0.1) is 0 Å². The van der Waals surface area contributed by atoms with E-state index >= 15 is 0 Å². The van der Waals surface area contributed by atoms with Gasteiger partial charge >= 0.3 is 5.63 Å². The summed E-state index contributed by atoms with van der Waals surface area (Å²) in [7, 11) is 3.10. The SMILES string of the molecule is COc1cc2c(cc1OC)[C@@H](COc1ccc3c(C)cc(=O)oc3c1)N(C(=O)c1cccc([N+](=O)[O-])c1C)CC2. The van der Waals surface area contributed by atoms with Crippen LogP contribution in [0, 0.1) is 24.0 Å². The van der Waals surface area contributed by atoms with Crippen molar-refractivity contribution in [1.82, 2.24) is 4.90 Å². The van der Waals surface area contributed by atoms with Crippen molar-refractivity contribution >= 4 is 22.6 Å². The average Bonchev–Trinajstić information content (AvgIpc) is 2.94. The zero-order valence-corrected chi connectivity index (χ0v) is 22.6. The number of carbonyl (C=O) groups excluding carboxylic acids is 1. The largest absolute Gasteiger partial charge is 0.493 e. The number of fused-ring (bicyclic) bond motifs is 2. The lowest BCUT2D eigenvalue weighted by Gasteiger charge is -2.38. The third kappa shape index (κ3) is 4.84. The van der Waals surface area contributed by atoms with Crippen molar-refractivity contribution in [2.75, 3.05) is 27.4 Å². The highest BCUT2D eigenvalue weighted by molar-refractivity contribution is 5.97. The van der Waals surface area contributed by atoms with Gasteiger partial charge in [0.2, 0.25) is 0 Å². The molecule has 0 N–H and O–H groups in total. The lowest BCUT2D eigenvalue weighted by Crippen LogP contribution is -2.42. The van der Waals surface area contributed by atoms with Crippen LogP contribution in [-0.2, 0) is 6.42 Å². The minimum Gasteiger partial charge on any atom is -0.493 e. The number of methoxy groups -OCH3 is 2. The number of hydrogen-bond acceptors (Lipinski definition) is 8. The summed E-state index contributed by atoms with van der Waals surface area (Å²) in [5.41, 5.74) is 2.99. The van der Waals surface area contributed by atoms with E-state index in [1.807, 2.05) is 25.1 Å². The molecule has 0 bridgehead atoms. The smallest absolute Gasteiger partial charge is 0.336 e. The summed E-state index contributed by atoms with van der Waals surface area (Å²) in [5, 5.41) is 12.3. The number of amides is 1. The van der Waals surface area contributed by atoms with Gasteiger partial charge in [0, 0.05) is 41.3 Å². The monoisotopic (exact) mass is 544 g/mol. The first-order valence-electron chi connectivity index (χ1n) is 12.7. The number of benzene rings is 3. The Kier molecular flexibility index (Phi) is 7.17. The Hall–Kier alpha value is -4.86. The third-order valence-electron chi connectivity index (χ3n) is 7.33. The summed E-state index contributed by atoms with van der Waals surface area (Å²) in [6.07, 6.45) is 0.548. The molecule has 0 saturated heterocycles. The fourth-order valence-corrected chi connectivity index (χ4v) is 5.23. The van der Waals surface area contributed by atoms with Crippen molar-refractivity contribution in [3.63, 3.8) is 0 Å². The Balaban J connectivity index is 1.54. The first kappa shape index (κ1) is 26.7. The summed E-state index contributed by atoms with van der Waals surface area (Å²) in [4.78, 5) is 38.5. The second kappa shape index (κ2) is 10.7. The number of aryl methyl sites for hydroxylation is 1. The summed E-state index contributed by atoms with van der Waals surface area (Å²) in [6, 6.07) is 14.4. The van der Waals surface area contributed by atoms with E-state index in [9.17, 15) is 19.7 Å². The summed E-state index contributed by atoms with van der Waals surface area (Å²) in [6.45, 7) is 3.85. The lowest BCUT2D eigenvalue weighted by atomic mass is 9.91. The highest BCUT2D eigenvalue weighted by Crippen LogP contribution is 2.39. The van der Waals surface area contributed by atoms with Crippen molar-refractivity contribution in [2.45, 2.75) is 26.3 Å². The number of rotatable bonds is 7. The Morgan fingerprint density at radius 3 is 2.55 bits per heavy atom. The lowest BCUT2D eigenvalue weighted by molar-refractivity contribution is -0.385. The van der Waals surface area contributed by atoms with Crippen LogP contribution in [0.1, 0.15) is 38.7 Å². The van der Waals surface area contributed by atoms with E-state index in [1.165, 1.54) is 18.2 Å². The van der Waals surface area contributed by atoms with Crippen LogP contribution in [-0.4, -0.2) is 43.1 Å². The van der Waals surface area contributed by atoms with Gasteiger partial charge in [0.25, 0.3) is 11.6 Å². The second-order valence-electron chi connectivity index (χ2n) is 9.59. The Bertz CT molecular complexity index is 1690. The number of carbonyl (C=O) groups is 1. The first-order valence-corrected chi connectivity index (χ1v) is 12.7. The maximum Gasteiger partial charge on any atom is 0.336 e. The molecule has 2 heterocycles. The molecule has 0 saturated carbocycles. The molecular formula is C30H28N2O8. The highest BCUT2D eigenvalue weighted by Gasteiger charge is 2.34. The second-order valence-corrected chi connectivity index (χ2v) is 9.59. The van der Waals surface area contributed by atoms with Crippen LogP contribution in [0.4, 0.5) is 5.69 Å². The maximum atomic E-state index is 13.9. The van der Waals surface area contributed by atoms with Gasteiger partial charge in [-0.2, -0.15) is 0 Å². The van der Waals surface area contributed by atoms with E-state index in [4.69, 9.17) is 18.6 Å². The molecule has 0 fully saturated rings. The molecule has 40 heavy (non-hydrogen) atoms. The van der Waals surface area contributed by atoms with E-state index in [-0.39, 0.29) is 23.8 Å². The van der Waals surface area contributed by atoms with E-state index in [0.29, 0.717) is 41.4 Å². The van der Waals surface area contributed by atoms with Crippen LogP contribution in [0.15, 0.2) is 63.8 Å². The average molecular weight is 545 g/mol. The normalized spacial score (nSPS) is 14.5. The van der Waals surface area contributed by atoms with Crippen LogP contribution in [0.3, 0.4) is 0 Å². The van der Waals surface area contributed by atoms with Crippen molar-refractivity contribution in [3.8, 4) is 17.2 Å². The van der Waals surface area contributed by atoms with Crippen LogP contribution in [0.25, 0.3) is 11.0 Å². The van der Waals surface area contributed by atoms with E-state index in [2.05, 4.69) is 0 Å². The molecule has 5 rings (SSSR count). The predicted octanol–water partition coefficient (Wildman–Crippen LogP) is 5.15. The van der Waals surface area contributed by atoms with E-state index in [1.54, 1.807) is 44.2 Å². The predicted molar refractivity (Wildman–Crippen MR) is 148 cm³/mol. The Morgan fingerprint density at radius 1 is 1.07 bits per heavy atom. The number of nitro groups is 1. The molecule has 1 aliphatic heterocycles. The zero-order valence-electron chi connectivity index (χ0n) is 22.6. The van der Waals surface area contributed by atoms with E-state index in [0.717, 1.165) is 22.1 Å². The van der Waals surface area contributed by atoms with Crippen molar-refractivity contribution in [2.24, 2.45) is 0 Å². The minimum absolute atomic E-state index is 0.0732. The quantitative estimate of drug-likeness (QED) is 0.178. The number of ether oxygens (including phenoxy) is 3. The standard InChI is InChI=1S/C30H28N2O8/c1-17-12-29(33)40-26-14-20(8-9-21(17)26)39-16-25-23-15-28(38-4)27(37-3)13-19(23)10-11-31(25)30(34)22-6-5-7-24(18(22)2)32(35)36/h5-9,12-15,25H,10-11,16H2,1-4H3/t25-/m1/s1. The molecule has 1 aliphatic rings. The molecule has 0 spiro atoms. The van der Waals surface area contributed by atoms with Gasteiger partial charge in [-0.25, -0.2) is 4.79 Å². The summed E-state index contributed by atoms with van der Waals surface area (Å²) < 4.78 is 22.6. The summed E-state index contributed by atoms with van der Waals surface area (Å²) in [5.74, 6) is 1.22. The van der Waals surface area contributed by atoms with Crippen LogP contribution in [0.5, 0.6) is 17.2 Å². The fourth-order valence-electron chi connectivity index (χ4n) is 5.23. The highest BCUT2D eigenvalue weighted by atomic mass is 16.6. The van der Waals surface area contributed by atoms with Crippen molar-refractivity contribution in [1.29, 1.82) is 0 Å². The van der Waals surface area contributed by atoms with Crippen LogP contribution >= 0.6 is 0 Å². The maximum absolute atomic E-state index is 13.9. The Morgan fingerprint density at radius 2 is 1.82 bits per heavy atom. The molecule has 10 heteroatoms. The van der Waals surface area contributed by atoms with Crippen LogP contribution < -0.4 is 19.8 Å². The molecule has 0 radical (unpaired) electrons. The molecule has 1 aromatic heterocycles. The molecular weight excluding hydrogens is 516 g/mol. The zero-order chi connectivity index (χ0) is 28.6. The minimum atomic E-state index is -0.546. The summed E-state index contributed by atoms with van der Waals surface area (Å²) >= 11 is 0. The molecule has 0 aliphatic carbocycles. The van der Waals surface area contributed by atoms with Crippen molar-refractivity contribution in [3.05, 3.63) is 103 Å². The molecule has 0 unspecified atom stereocenters. The topological polar surface area (TPSA) is 121 Å². The molecule has 1 atom stereocenters.